The van der Waals surface area contributed by atoms with E-state index in [1.807, 2.05) is 18.2 Å². The molecule has 1 aliphatic rings. The molecule has 1 aromatic rings. The second kappa shape index (κ2) is 5.37. The maximum atomic E-state index is 6.24. The number of halogens is 2. The smallest absolute Gasteiger partial charge is 0.0484 e. The van der Waals surface area contributed by atoms with Gasteiger partial charge in [-0.2, -0.15) is 0 Å². The van der Waals surface area contributed by atoms with Crippen molar-refractivity contribution in [3.05, 3.63) is 33.8 Å². The zero-order chi connectivity index (χ0) is 11.5. The predicted molar refractivity (Wildman–Crippen MR) is 69.3 cm³/mol. The predicted octanol–water partition coefficient (Wildman–Crippen LogP) is 2.96. The van der Waals surface area contributed by atoms with Crippen LogP contribution >= 0.6 is 23.2 Å². The maximum Gasteiger partial charge on any atom is 0.0484 e. The highest BCUT2D eigenvalue weighted by molar-refractivity contribution is 6.35. The van der Waals surface area contributed by atoms with Gasteiger partial charge in [0.1, 0.15) is 0 Å². The van der Waals surface area contributed by atoms with Crippen molar-refractivity contribution in [1.82, 2.24) is 10.2 Å². The van der Waals surface area contributed by atoms with Crippen LogP contribution in [0.4, 0.5) is 0 Å². The molecule has 1 aromatic carbocycles. The molecule has 0 saturated carbocycles. The van der Waals surface area contributed by atoms with Crippen LogP contribution in [0.2, 0.25) is 10.0 Å². The van der Waals surface area contributed by atoms with Gasteiger partial charge >= 0.3 is 0 Å². The van der Waals surface area contributed by atoms with E-state index < -0.39 is 0 Å². The van der Waals surface area contributed by atoms with Crippen LogP contribution in [-0.2, 0) is 0 Å². The molecular weight excluding hydrogens is 243 g/mol. The Balaban J connectivity index is 2.27. The Morgan fingerprint density at radius 1 is 1.38 bits per heavy atom. The van der Waals surface area contributed by atoms with Gasteiger partial charge in [-0.15, -0.1) is 0 Å². The molecular formula is C12H16Cl2N2. The molecule has 1 aliphatic heterocycles. The van der Waals surface area contributed by atoms with Gasteiger partial charge in [0, 0.05) is 22.6 Å². The Morgan fingerprint density at radius 2 is 2.19 bits per heavy atom. The first-order valence-electron chi connectivity index (χ1n) is 5.54. The molecule has 1 unspecified atom stereocenters. The average molecular weight is 259 g/mol. The van der Waals surface area contributed by atoms with Gasteiger partial charge < -0.3 is 5.32 Å². The first-order chi connectivity index (χ1) is 7.68. The molecule has 1 heterocycles. The van der Waals surface area contributed by atoms with Crippen LogP contribution in [0.3, 0.4) is 0 Å². The number of nitrogens with one attached hydrogen (secondary N) is 1. The summed E-state index contributed by atoms with van der Waals surface area (Å²) >= 11 is 12.2. The van der Waals surface area contributed by atoms with E-state index in [2.05, 4.69) is 17.3 Å². The molecule has 2 rings (SSSR count). The van der Waals surface area contributed by atoms with Crippen LogP contribution in [0.1, 0.15) is 18.0 Å². The minimum atomic E-state index is 0.340. The molecule has 0 spiro atoms. The van der Waals surface area contributed by atoms with E-state index in [0.717, 1.165) is 30.2 Å². The van der Waals surface area contributed by atoms with Gasteiger partial charge in [-0.05, 0) is 44.3 Å². The number of nitrogens with zero attached hydrogens (tertiary/aromatic N) is 1. The summed E-state index contributed by atoms with van der Waals surface area (Å²) in [5, 5.41) is 4.88. The second-order valence-corrected chi connectivity index (χ2v) is 5.06. The summed E-state index contributed by atoms with van der Waals surface area (Å²) in [5.74, 6) is 0. The third-order valence-electron chi connectivity index (χ3n) is 3.06. The molecule has 0 radical (unpaired) electrons. The highest BCUT2D eigenvalue weighted by atomic mass is 35.5. The Bertz CT molecular complexity index is 368. The number of hydrogen-bond donors (Lipinski definition) is 1. The van der Waals surface area contributed by atoms with Gasteiger partial charge in [-0.1, -0.05) is 29.3 Å². The Hall–Kier alpha value is -0.280. The van der Waals surface area contributed by atoms with Crippen molar-refractivity contribution >= 4 is 23.2 Å². The van der Waals surface area contributed by atoms with Crippen LogP contribution in [0, 0.1) is 0 Å². The standard InChI is InChI=1S/C12H16Cl2N2/c1-16-6-2-5-15-8-12(16)10-4-3-9(13)7-11(10)14/h3-4,7,12,15H,2,5-6,8H2,1H3. The molecule has 1 fully saturated rings. The van der Waals surface area contributed by atoms with Gasteiger partial charge in [0.25, 0.3) is 0 Å². The van der Waals surface area contributed by atoms with Crippen molar-refractivity contribution < 1.29 is 0 Å². The van der Waals surface area contributed by atoms with Crippen molar-refractivity contribution in [1.29, 1.82) is 0 Å². The van der Waals surface area contributed by atoms with Crippen molar-refractivity contribution in [2.45, 2.75) is 12.5 Å². The zero-order valence-corrected chi connectivity index (χ0v) is 10.9. The molecule has 0 bridgehead atoms. The van der Waals surface area contributed by atoms with Crippen LogP contribution in [0.15, 0.2) is 18.2 Å². The Kier molecular flexibility index (Phi) is 4.09. The second-order valence-electron chi connectivity index (χ2n) is 4.22. The highest BCUT2D eigenvalue weighted by Gasteiger charge is 2.21. The first-order valence-corrected chi connectivity index (χ1v) is 6.30. The van der Waals surface area contributed by atoms with Gasteiger partial charge in [-0.25, -0.2) is 0 Å². The van der Waals surface area contributed by atoms with E-state index in [-0.39, 0.29) is 0 Å². The van der Waals surface area contributed by atoms with Crippen LogP contribution in [-0.4, -0.2) is 31.6 Å². The molecule has 4 heteroatoms. The SMILES string of the molecule is CN1CCCNCC1c1ccc(Cl)cc1Cl. The lowest BCUT2D eigenvalue weighted by atomic mass is 10.1. The maximum absolute atomic E-state index is 6.24. The molecule has 1 atom stereocenters. The summed E-state index contributed by atoms with van der Waals surface area (Å²) in [5.41, 5.74) is 1.16. The van der Waals surface area contributed by atoms with Gasteiger partial charge in [0.15, 0.2) is 0 Å². The van der Waals surface area contributed by atoms with Crippen LogP contribution in [0.25, 0.3) is 0 Å². The number of rotatable bonds is 1. The quantitative estimate of drug-likeness (QED) is 0.834. The zero-order valence-electron chi connectivity index (χ0n) is 9.34. The Labute approximate surface area is 107 Å². The normalized spacial score (nSPS) is 23.1. The lowest BCUT2D eigenvalue weighted by molar-refractivity contribution is 0.262. The molecule has 0 aliphatic carbocycles. The summed E-state index contributed by atoms with van der Waals surface area (Å²) in [6, 6.07) is 6.09. The molecule has 16 heavy (non-hydrogen) atoms. The number of hydrogen-bond acceptors (Lipinski definition) is 2. The fraction of sp³-hybridized carbons (Fsp3) is 0.500. The van der Waals surface area contributed by atoms with Crippen molar-refractivity contribution in [2.75, 3.05) is 26.7 Å². The molecule has 2 nitrogen and oxygen atoms in total. The molecule has 1 N–H and O–H groups in total. The number of benzene rings is 1. The monoisotopic (exact) mass is 258 g/mol. The van der Waals surface area contributed by atoms with Gasteiger partial charge in [0.05, 0.1) is 0 Å². The largest absolute Gasteiger partial charge is 0.315 e. The molecule has 0 amide bonds. The third kappa shape index (κ3) is 2.69. The average Bonchev–Trinajstić information content (AvgIpc) is 2.44. The van der Waals surface area contributed by atoms with E-state index in [9.17, 15) is 0 Å². The molecule has 1 saturated heterocycles. The Morgan fingerprint density at radius 3 is 2.94 bits per heavy atom. The van der Waals surface area contributed by atoms with E-state index in [0.29, 0.717) is 11.1 Å². The van der Waals surface area contributed by atoms with Crippen molar-refractivity contribution in [3.8, 4) is 0 Å². The van der Waals surface area contributed by atoms with Gasteiger partial charge in [0.2, 0.25) is 0 Å². The van der Waals surface area contributed by atoms with Crippen LogP contribution in [0.5, 0.6) is 0 Å². The van der Waals surface area contributed by atoms with Crippen molar-refractivity contribution in [2.24, 2.45) is 0 Å². The minimum absolute atomic E-state index is 0.340. The third-order valence-corrected chi connectivity index (χ3v) is 3.62. The topological polar surface area (TPSA) is 15.3 Å². The summed E-state index contributed by atoms with van der Waals surface area (Å²) < 4.78 is 0. The van der Waals surface area contributed by atoms with Crippen LogP contribution < -0.4 is 5.32 Å². The van der Waals surface area contributed by atoms with Crippen molar-refractivity contribution in [3.63, 3.8) is 0 Å². The first kappa shape index (κ1) is 12.2. The highest BCUT2D eigenvalue weighted by Crippen LogP contribution is 2.29. The summed E-state index contributed by atoms with van der Waals surface area (Å²) in [6.45, 7) is 3.11. The summed E-state index contributed by atoms with van der Waals surface area (Å²) in [4.78, 5) is 2.34. The van der Waals surface area contributed by atoms with Gasteiger partial charge in [-0.3, -0.25) is 4.90 Å². The lowest BCUT2D eigenvalue weighted by Gasteiger charge is -2.26. The van der Waals surface area contributed by atoms with E-state index in [4.69, 9.17) is 23.2 Å². The fourth-order valence-electron chi connectivity index (χ4n) is 2.12. The molecule has 0 aromatic heterocycles. The lowest BCUT2D eigenvalue weighted by Crippen LogP contribution is -2.29. The van der Waals surface area contributed by atoms with E-state index >= 15 is 0 Å². The minimum Gasteiger partial charge on any atom is -0.315 e. The number of likely N-dealkylation sites (N-methyl/N-ethyl adjacent to an activating group) is 1. The summed E-state index contributed by atoms with van der Waals surface area (Å²) in [7, 11) is 2.14. The summed E-state index contributed by atoms with van der Waals surface area (Å²) in [6.07, 6.45) is 1.18. The fourth-order valence-corrected chi connectivity index (χ4v) is 2.66. The van der Waals surface area contributed by atoms with E-state index in [1.165, 1.54) is 6.42 Å². The molecule has 88 valence electrons. The van der Waals surface area contributed by atoms with E-state index in [1.54, 1.807) is 0 Å².